The van der Waals surface area contributed by atoms with Crippen LogP contribution in [0.25, 0.3) is 0 Å². The number of hydrogen-bond donors (Lipinski definition) is 1. The smallest absolute Gasteiger partial charge is 0.251 e. The molecule has 0 saturated heterocycles. The number of anilines is 1. The molecule has 0 saturated carbocycles. The molecule has 4 rings (SSSR count). The molecule has 0 aliphatic carbocycles. The first-order chi connectivity index (χ1) is 16.6. The van der Waals surface area contributed by atoms with E-state index in [0.29, 0.717) is 51.6 Å². The van der Waals surface area contributed by atoms with Crippen LogP contribution in [0.4, 0.5) is 5.69 Å². The van der Waals surface area contributed by atoms with Crippen LogP contribution in [0, 0.1) is 0 Å². The monoisotopic (exact) mass is 534 g/mol. The van der Waals surface area contributed by atoms with Crippen molar-refractivity contribution >= 4 is 44.8 Å². The van der Waals surface area contributed by atoms with Gasteiger partial charge in [-0.2, -0.15) is 0 Å². The first-order valence-corrected chi connectivity index (χ1v) is 13.4. The number of carbonyl (C=O) groups excluding carboxylic acids is 1. The predicted octanol–water partition coefficient (Wildman–Crippen LogP) is 5.22. The summed E-state index contributed by atoms with van der Waals surface area (Å²) in [5.41, 5.74) is 2.40. The van der Waals surface area contributed by atoms with Crippen LogP contribution in [-0.4, -0.2) is 33.8 Å². The van der Waals surface area contributed by atoms with Gasteiger partial charge in [0, 0.05) is 15.6 Å². The Hall–Kier alpha value is -2.94. The lowest BCUT2D eigenvalue weighted by molar-refractivity contribution is 0.0939. The molecule has 1 aliphatic heterocycles. The molecule has 0 spiro atoms. The van der Waals surface area contributed by atoms with E-state index < -0.39 is 10.0 Å². The molecule has 3 aromatic rings. The van der Waals surface area contributed by atoms with Crippen molar-refractivity contribution in [3.63, 3.8) is 0 Å². The van der Waals surface area contributed by atoms with E-state index in [0.717, 1.165) is 11.8 Å². The van der Waals surface area contributed by atoms with E-state index >= 15 is 0 Å². The number of hydrogen-bond acceptors (Lipinski definition) is 5. The largest absolute Gasteiger partial charge is 0.486 e. The summed E-state index contributed by atoms with van der Waals surface area (Å²) < 4.78 is 37.2. The number of amides is 1. The fraction of sp³-hybridized carbons (Fsp3) is 0.240. The molecule has 1 aliphatic rings. The zero-order valence-electron chi connectivity index (χ0n) is 19.1. The molecule has 7 nitrogen and oxygen atoms in total. The summed E-state index contributed by atoms with van der Waals surface area (Å²) in [4.78, 5) is 12.8. The van der Waals surface area contributed by atoms with Gasteiger partial charge in [-0.15, -0.1) is 0 Å². The third-order valence-corrected chi connectivity index (χ3v) is 7.07. The number of halogens is 2. The highest BCUT2D eigenvalue weighted by molar-refractivity contribution is 7.92. The van der Waals surface area contributed by atoms with Crippen molar-refractivity contribution in [1.29, 1.82) is 0 Å². The highest BCUT2D eigenvalue weighted by Crippen LogP contribution is 2.33. The minimum absolute atomic E-state index is 0.0605. The van der Waals surface area contributed by atoms with Crippen molar-refractivity contribution in [2.45, 2.75) is 19.5 Å². The minimum Gasteiger partial charge on any atom is -0.486 e. The lowest BCUT2D eigenvalue weighted by Gasteiger charge is -2.23. The zero-order valence-corrected chi connectivity index (χ0v) is 21.5. The van der Waals surface area contributed by atoms with Crippen molar-refractivity contribution < 1.29 is 22.7 Å². The summed E-state index contributed by atoms with van der Waals surface area (Å²) in [6, 6.07) is 16.7. The average molecular weight is 535 g/mol. The minimum atomic E-state index is -3.61. The fourth-order valence-electron chi connectivity index (χ4n) is 3.70. The molecular weight excluding hydrogens is 511 g/mol. The molecule has 35 heavy (non-hydrogen) atoms. The molecule has 184 valence electrons. The van der Waals surface area contributed by atoms with Crippen LogP contribution in [0.1, 0.15) is 34.5 Å². The quantitative estimate of drug-likeness (QED) is 0.449. The van der Waals surface area contributed by atoms with E-state index in [1.807, 2.05) is 25.1 Å². The first-order valence-electron chi connectivity index (χ1n) is 10.8. The number of rotatable bonds is 7. The van der Waals surface area contributed by atoms with Crippen molar-refractivity contribution in [2.24, 2.45) is 0 Å². The highest BCUT2D eigenvalue weighted by atomic mass is 35.5. The number of nitrogens with zero attached hydrogens (tertiary/aromatic N) is 1. The van der Waals surface area contributed by atoms with Gasteiger partial charge in [-0.25, -0.2) is 8.42 Å². The highest BCUT2D eigenvalue weighted by Gasteiger charge is 2.20. The summed E-state index contributed by atoms with van der Waals surface area (Å²) in [7, 11) is -3.61. The maximum absolute atomic E-state index is 12.8. The van der Waals surface area contributed by atoms with Gasteiger partial charge >= 0.3 is 0 Å². The zero-order chi connectivity index (χ0) is 25.2. The van der Waals surface area contributed by atoms with E-state index in [-0.39, 0.29) is 18.5 Å². The molecule has 0 aromatic heterocycles. The van der Waals surface area contributed by atoms with E-state index in [4.69, 9.17) is 32.7 Å². The van der Waals surface area contributed by atoms with Gasteiger partial charge in [0.15, 0.2) is 11.5 Å². The van der Waals surface area contributed by atoms with Crippen LogP contribution >= 0.6 is 23.2 Å². The molecule has 0 unspecified atom stereocenters. The lowest BCUT2D eigenvalue weighted by atomic mass is 10.1. The maximum Gasteiger partial charge on any atom is 0.251 e. The molecule has 1 amide bonds. The topological polar surface area (TPSA) is 84.9 Å². The van der Waals surface area contributed by atoms with E-state index in [1.54, 1.807) is 24.3 Å². The molecule has 0 radical (unpaired) electrons. The standard InChI is InChI=1S/C25H24Cl2N2O5S/c1-16(19-7-8-23-24(11-19)34-10-9-33-23)28-25(30)18-5-3-17(4-6-18)15-29(35(2,31)32)22-13-20(26)12-21(27)14-22/h3-8,11-14,16H,9-10,15H2,1-2H3,(H,28,30)/t16-/m0/s1. The van der Waals surface area contributed by atoms with Crippen LogP contribution in [0.3, 0.4) is 0 Å². The molecule has 1 atom stereocenters. The summed E-state index contributed by atoms with van der Waals surface area (Å²) >= 11 is 12.1. The molecular formula is C25H24Cl2N2O5S. The molecule has 10 heteroatoms. The second-order valence-electron chi connectivity index (χ2n) is 8.19. The third kappa shape index (κ3) is 6.20. The summed E-state index contributed by atoms with van der Waals surface area (Å²) in [5.74, 6) is 1.11. The van der Waals surface area contributed by atoms with E-state index in [9.17, 15) is 13.2 Å². The number of benzene rings is 3. The van der Waals surface area contributed by atoms with Gasteiger partial charge in [-0.05, 0) is 60.5 Å². The molecule has 1 heterocycles. The van der Waals surface area contributed by atoms with Crippen LogP contribution < -0.4 is 19.1 Å². The Labute approximate surface area is 214 Å². The Morgan fingerprint density at radius 2 is 1.60 bits per heavy atom. The second kappa shape index (κ2) is 10.4. The van der Waals surface area contributed by atoms with Gasteiger partial charge in [0.05, 0.1) is 24.5 Å². The Balaban J connectivity index is 1.46. The van der Waals surface area contributed by atoms with Crippen LogP contribution in [-0.2, 0) is 16.6 Å². The predicted molar refractivity (Wildman–Crippen MR) is 137 cm³/mol. The van der Waals surface area contributed by atoms with E-state index in [1.165, 1.54) is 22.5 Å². The van der Waals surface area contributed by atoms with Gasteiger partial charge in [0.1, 0.15) is 13.2 Å². The molecule has 1 N–H and O–H groups in total. The summed E-state index contributed by atoms with van der Waals surface area (Å²) in [6.07, 6.45) is 1.11. The second-order valence-corrected chi connectivity index (χ2v) is 11.0. The van der Waals surface area contributed by atoms with Crippen molar-refractivity contribution in [3.8, 4) is 11.5 Å². The van der Waals surface area contributed by atoms with Gasteiger partial charge in [-0.3, -0.25) is 9.10 Å². The number of fused-ring (bicyclic) bond motifs is 1. The molecule has 3 aromatic carbocycles. The van der Waals surface area contributed by atoms with Gasteiger partial charge in [-0.1, -0.05) is 41.4 Å². The van der Waals surface area contributed by atoms with E-state index in [2.05, 4.69) is 5.32 Å². The van der Waals surface area contributed by atoms with Crippen molar-refractivity contribution in [3.05, 3.63) is 87.4 Å². The first kappa shape index (κ1) is 25.2. The number of carbonyl (C=O) groups is 1. The summed E-state index contributed by atoms with van der Waals surface area (Å²) in [6.45, 7) is 2.96. The normalized spacial score (nSPS) is 13.7. The Morgan fingerprint density at radius 3 is 2.23 bits per heavy atom. The van der Waals surface area contributed by atoms with Gasteiger partial charge in [0.25, 0.3) is 5.91 Å². The Morgan fingerprint density at radius 1 is 0.971 bits per heavy atom. The molecule has 0 bridgehead atoms. The SMILES string of the molecule is C[C@H](NC(=O)c1ccc(CN(c2cc(Cl)cc(Cl)c2)S(C)(=O)=O)cc1)c1ccc2c(c1)OCCO2. The fourth-order valence-corrected chi connectivity index (χ4v) is 5.09. The Bertz CT molecular complexity index is 1330. The summed E-state index contributed by atoms with van der Waals surface area (Å²) in [5, 5.41) is 3.64. The lowest BCUT2D eigenvalue weighted by Crippen LogP contribution is -2.29. The van der Waals surface area contributed by atoms with Gasteiger partial charge in [0.2, 0.25) is 10.0 Å². The van der Waals surface area contributed by atoms with Crippen LogP contribution in [0.5, 0.6) is 11.5 Å². The van der Waals surface area contributed by atoms with Crippen molar-refractivity contribution in [2.75, 3.05) is 23.8 Å². The van der Waals surface area contributed by atoms with Gasteiger partial charge < -0.3 is 14.8 Å². The van der Waals surface area contributed by atoms with Crippen LogP contribution in [0.2, 0.25) is 10.0 Å². The average Bonchev–Trinajstić information content (AvgIpc) is 2.81. The van der Waals surface area contributed by atoms with Crippen molar-refractivity contribution in [1.82, 2.24) is 5.32 Å². The number of ether oxygens (including phenoxy) is 2. The number of nitrogens with one attached hydrogen (secondary N) is 1. The number of sulfonamides is 1. The Kier molecular flexibility index (Phi) is 7.44. The van der Waals surface area contributed by atoms with Crippen LogP contribution in [0.15, 0.2) is 60.7 Å². The maximum atomic E-state index is 12.8. The third-order valence-electron chi connectivity index (χ3n) is 5.49. The molecule has 0 fully saturated rings.